The van der Waals surface area contributed by atoms with Gasteiger partial charge in [0.1, 0.15) is 0 Å². The minimum absolute atomic E-state index is 0.385. The molecule has 0 fully saturated rings. The van der Waals surface area contributed by atoms with Gasteiger partial charge in [0.25, 0.3) is 11.7 Å². The summed E-state index contributed by atoms with van der Waals surface area (Å²) in [5.74, 6) is -0.975. The molecule has 0 atom stereocenters. The van der Waals surface area contributed by atoms with Crippen LogP contribution in [-0.2, 0) is 4.79 Å². The van der Waals surface area contributed by atoms with Crippen LogP contribution in [0.4, 0.5) is 5.69 Å². The highest BCUT2D eigenvalue weighted by Crippen LogP contribution is 2.31. The van der Waals surface area contributed by atoms with E-state index >= 15 is 0 Å². The fourth-order valence-corrected chi connectivity index (χ4v) is 2.52. The summed E-state index contributed by atoms with van der Waals surface area (Å²) in [5.41, 5.74) is 9.18. The van der Waals surface area contributed by atoms with Crippen LogP contribution < -0.4 is 4.90 Å². The Labute approximate surface area is 127 Å². The molecular formula is C14H15ClN4O2. The number of amides is 1. The van der Waals surface area contributed by atoms with Crippen molar-refractivity contribution < 1.29 is 9.59 Å². The maximum atomic E-state index is 12.0. The molecule has 1 amide bonds. The molecule has 7 heteroatoms. The maximum Gasteiger partial charge on any atom is 0.299 e. The summed E-state index contributed by atoms with van der Waals surface area (Å²) in [4.78, 5) is 28.0. The number of rotatable bonds is 7. The standard InChI is InChI=1S/C14H15ClN4O2/c15-10-5-6-12-11(9-10)13(20)14(21)19(12)8-4-2-1-3-7-17-18-16/h5-6,9H,1-4,7-8H2. The van der Waals surface area contributed by atoms with Gasteiger partial charge in [0.15, 0.2) is 0 Å². The predicted molar refractivity (Wildman–Crippen MR) is 80.6 cm³/mol. The molecular weight excluding hydrogens is 292 g/mol. The van der Waals surface area contributed by atoms with E-state index in [1.807, 2.05) is 0 Å². The van der Waals surface area contributed by atoms with Gasteiger partial charge in [0.2, 0.25) is 0 Å². The normalized spacial score (nSPS) is 13.3. The highest BCUT2D eigenvalue weighted by molar-refractivity contribution is 6.52. The first-order chi connectivity index (χ1) is 10.1. The third-order valence-corrected chi connectivity index (χ3v) is 3.62. The van der Waals surface area contributed by atoms with Crippen LogP contribution in [0.25, 0.3) is 10.4 Å². The molecule has 2 rings (SSSR count). The molecule has 0 saturated carbocycles. The van der Waals surface area contributed by atoms with E-state index in [0.717, 1.165) is 25.7 Å². The number of carbonyl (C=O) groups is 2. The summed E-state index contributed by atoms with van der Waals surface area (Å²) in [7, 11) is 0. The first-order valence-corrected chi connectivity index (χ1v) is 7.19. The molecule has 21 heavy (non-hydrogen) atoms. The number of hydrogen-bond acceptors (Lipinski definition) is 3. The third kappa shape index (κ3) is 3.54. The summed E-state index contributed by atoms with van der Waals surface area (Å²) < 4.78 is 0. The molecule has 1 heterocycles. The Bertz CT molecular complexity index is 611. The van der Waals surface area contributed by atoms with E-state index in [2.05, 4.69) is 10.0 Å². The van der Waals surface area contributed by atoms with Crippen molar-refractivity contribution in [3.8, 4) is 0 Å². The zero-order chi connectivity index (χ0) is 15.2. The number of fused-ring (bicyclic) bond motifs is 1. The van der Waals surface area contributed by atoms with Gasteiger partial charge in [-0.25, -0.2) is 0 Å². The van der Waals surface area contributed by atoms with Crippen LogP contribution in [0.15, 0.2) is 23.3 Å². The first-order valence-electron chi connectivity index (χ1n) is 6.81. The smallest absolute Gasteiger partial charge is 0.299 e. The molecule has 0 aromatic heterocycles. The van der Waals surface area contributed by atoms with Crippen molar-refractivity contribution >= 4 is 29.0 Å². The second-order valence-corrected chi connectivity index (χ2v) is 5.25. The summed E-state index contributed by atoms with van der Waals surface area (Å²) in [6, 6.07) is 4.93. The molecule has 0 radical (unpaired) electrons. The topological polar surface area (TPSA) is 86.1 Å². The van der Waals surface area contributed by atoms with Gasteiger partial charge >= 0.3 is 0 Å². The highest BCUT2D eigenvalue weighted by Gasteiger charge is 2.35. The number of anilines is 1. The minimum Gasteiger partial charge on any atom is -0.305 e. The fourth-order valence-electron chi connectivity index (χ4n) is 2.35. The second kappa shape index (κ2) is 7.11. The number of nitrogens with zero attached hydrogens (tertiary/aromatic N) is 4. The molecule has 1 aliphatic heterocycles. The van der Waals surface area contributed by atoms with E-state index in [0.29, 0.717) is 29.4 Å². The van der Waals surface area contributed by atoms with Crippen molar-refractivity contribution in [2.24, 2.45) is 5.11 Å². The van der Waals surface area contributed by atoms with Crippen molar-refractivity contribution in [2.45, 2.75) is 25.7 Å². The highest BCUT2D eigenvalue weighted by atomic mass is 35.5. The Kier molecular flexibility index (Phi) is 5.20. The van der Waals surface area contributed by atoms with E-state index in [-0.39, 0.29) is 0 Å². The average molecular weight is 307 g/mol. The van der Waals surface area contributed by atoms with E-state index in [1.54, 1.807) is 12.1 Å². The second-order valence-electron chi connectivity index (χ2n) is 4.82. The van der Waals surface area contributed by atoms with Gasteiger partial charge in [0.05, 0.1) is 11.3 Å². The largest absolute Gasteiger partial charge is 0.305 e. The summed E-state index contributed by atoms with van der Waals surface area (Å²) in [6.45, 7) is 1.01. The predicted octanol–water partition coefficient (Wildman–Crippen LogP) is 3.74. The molecule has 6 nitrogen and oxygen atoms in total. The molecule has 1 aromatic carbocycles. The molecule has 0 aliphatic carbocycles. The lowest BCUT2D eigenvalue weighted by atomic mass is 10.1. The molecule has 0 saturated heterocycles. The van der Waals surface area contributed by atoms with E-state index in [9.17, 15) is 9.59 Å². The number of unbranched alkanes of at least 4 members (excludes halogenated alkanes) is 3. The quantitative estimate of drug-likeness (QED) is 0.252. The SMILES string of the molecule is [N-]=[N+]=NCCCCCCN1C(=O)C(=O)c2cc(Cl)ccc21. The van der Waals surface area contributed by atoms with Crippen LogP contribution in [0.3, 0.4) is 0 Å². The van der Waals surface area contributed by atoms with Crippen molar-refractivity contribution in [3.05, 3.63) is 39.2 Å². The van der Waals surface area contributed by atoms with E-state index < -0.39 is 11.7 Å². The number of benzene rings is 1. The van der Waals surface area contributed by atoms with Crippen LogP contribution in [-0.4, -0.2) is 24.8 Å². The lowest BCUT2D eigenvalue weighted by Gasteiger charge is -2.16. The van der Waals surface area contributed by atoms with Crippen molar-refractivity contribution in [1.82, 2.24) is 0 Å². The van der Waals surface area contributed by atoms with Gasteiger partial charge in [0, 0.05) is 23.0 Å². The average Bonchev–Trinajstić information content (AvgIpc) is 2.71. The molecule has 0 N–H and O–H groups in total. The van der Waals surface area contributed by atoms with E-state index in [4.69, 9.17) is 17.1 Å². The van der Waals surface area contributed by atoms with Crippen molar-refractivity contribution in [1.29, 1.82) is 0 Å². The number of azide groups is 1. The summed E-state index contributed by atoms with van der Waals surface area (Å²) in [6.07, 6.45) is 3.49. The number of Topliss-reactive ketones (excluding diaryl/α,β-unsaturated/α-hetero) is 1. The van der Waals surface area contributed by atoms with Crippen LogP contribution in [0.1, 0.15) is 36.0 Å². The van der Waals surface area contributed by atoms with Crippen molar-refractivity contribution in [2.75, 3.05) is 18.0 Å². The Morgan fingerprint density at radius 2 is 1.95 bits per heavy atom. The Morgan fingerprint density at radius 1 is 1.19 bits per heavy atom. The third-order valence-electron chi connectivity index (χ3n) is 3.39. The van der Waals surface area contributed by atoms with Crippen LogP contribution >= 0.6 is 11.6 Å². The fraction of sp³-hybridized carbons (Fsp3) is 0.429. The Hall–Kier alpha value is -2.04. The number of halogens is 1. The van der Waals surface area contributed by atoms with Gasteiger partial charge in [-0.05, 0) is 36.6 Å². The minimum atomic E-state index is -0.490. The van der Waals surface area contributed by atoms with Crippen LogP contribution in [0, 0.1) is 0 Å². The zero-order valence-corrected chi connectivity index (χ0v) is 12.2. The Morgan fingerprint density at radius 3 is 2.71 bits per heavy atom. The lowest BCUT2D eigenvalue weighted by Crippen LogP contribution is -2.30. The molecule has 1 aliphatic rings. The van der Waals surface area contributed by atoms with Gasteiger partial charge < -0.3 is 4.90 Å². The van der Waals surface area contributed by atoms with Crippen LogP contribution in [0.5, 0.6) is 0 Å². The molecule has 0 unspecified atom stereocenters. The Balaban J connectivity index is 1.88. The zero-order valence-electron chi connectivity index (χ0n) is 11.5. The maximum absolute atomic E-state index is 12.0. The van der Waals surface area contributed by atoms with Gasteiger partial charge in [-0.15, -0.1) is 0 Å². The monoisotopic (exact) mass is 306 g/mol. The molecule has 0 bridgehead atoms. The number of hydrogen-bond donors (Lipinski definition) is 0. The summed E-state index contributed by atoms with van der Waals surface area (Å²) >= 11 is 5.85. The van der Waals surface area contributed by atoms with E-state index in [1.165, 1.54) is 11.0 Å². The van der Waals surface area contributed by atoms with Gasteiger partial charge in [-0.1, -0.05) is 29.6 Å². The van der Waals surface area contributed by atoms with Crippen molar-refractivity contribution in [3.63, 3.8) is 0 Å². The van der Waals surface area contributed by atoms with Gasteiger partial charge in [-0.3, -0.25) is 9.59 Å². The molecule has 0 spiro atoms. The molecule has 1 aromatic rings. The van der Waals surface area contributed by atoms with Gasteiger partial charge in [-0.2, -0.15) is 0 Å². The summed E-state index contributed by atoms with van der Waals surface area (Å²) in [5, 5.41) is 3.92. The number of ketones is 1. The first kappa shape index (κ1) is 15.4. The lowest BCUT2D eigenvalue weighted by molar-refractivity contribution is -0.114. The van der Waals surface area contributed by atoms with Crippen LogP contribution in [0.2, 0.25) is 5.02 Å². The molecule has 110 valence electrons. The number of carbonyl (C=O) groups excluding carboxylic acids is 2.